The van der Waals surface area contributed by atoms with Crippen LogP contribution in [0.5, 0.6) is 0 Å². The summed E-state index contributed by atoms with van der Waals surface area (Å²) in [6.07, 6.45) is 1.50. The van der Waals surface area contributed by atoms with Gasteiger partial charge in [-0.25, -0.2) is 8.78 Å². The molecule has 0 bridgehead atoms. The van der Waals surface area contributed by atoms with Crippen molar-refractivity contribution in [2.75, 3.05) is 0 Å². The molecule has 0 nitrogen and oxygen atoms in total. The summed E-state index contributed by atoms with van der Waals surface area (Å²) in [5, 5.41) is 0. The molecule has 0 aliphatic heterocycles. The monoisotopic (exact) mass is 352 g/mol. The average molecular weight is 352 g/mol. The molecule has 0 aromatic heterocycles. The normalized spacial score (nSPS) is 10.5. The van der Waals surface area contributed by atoms with Crippen molar-refractivity contribution >= 4 is 8.07 Å². The largest absolute Gasteiger partial charge is 0.206 e. The Morgan fingerprint density at radius 1 is 0.840 bits per heavy atom. The van der Waals surface area contributed by atoms with Crippen LogP contribution in [0.1, 0.15) is 35.6 Å². The van der Waals surface area contributed by atoms with Gasteiger partial charge in [-0.15, -0.1) is 5.54 Å². The first-order valence-electron chi connectivity index (χ1n) is 8.41. The van der Waals surface area contributed by atoms with Crippen molar-refractivity contribution in [3.8, 4) is 23.3 Å². The highest BCUT2D eigenvalue weighted by Crippen LogP contribution is 2.16. The van der Waals surface area contributed by atoms with Crippen LogP contribution in [-0.4, -0.2) is 8.07 Å². The van der Waals surface area contributed by atoms with Crippen LogP contribution in [0.3, 0.4) is 0 Å². The van der Waals surface area contributed by atoms with Gasteiger partial charge in [0.1, 0.15) is 19.7 Å². The van der Waals surface area contributed by atoms with Gasteiger partial charge in [-0.2, -0.15) is 0 Å². The summed E-state index contributed by atoms with van der Waals surface area (Å²) in [4.78, 5) is 0. The summed E-state index contributed by atoms with van der Waals surface area (Å²) in [6, 6.07) is 10.1. The highest BCUT2D eigenvalue weighted by Gasteiger charge is 2.09. The van der Waals surface area contributed by atoms with Gasteiger partial charge in [0, 0.05) is 11.1 Å². The van der Waals surface area contributed by atoms with Crippen molar-refractivity contribution in [2.24, 2.45) is 0 Å². The maximum absolute atomic E-state index is 14.1. The fourth-order valence-electron chi connectivity index (χ4n) is 2.21. The molecule has 0 unspecified atom stereocenters. The first-order chi connectivity index (χ1) is 11.8. The summed E-state index contributed by atoms with van der Waals surface area (Å²) >= 11 is 0. The van der Waals surface area contributed by atoms with Crippen LogP contribution in [0, 0.1) is 34.9 Å². The molecule has 128 valence electrons. The first-order valence-corrected chi connectivity index (χ1v) is 11.9. The zero-order valence-corrected chi connectivity index (χ0v) is 16.1. The highest BCUT2D eigenvalue weighted by atomic mass is 28.3. The minimum atomic E-state index is -1.41. The van der Waals surface area contributed by atoms with Gasteiger partial charge in [-0.1, -0.05) is 50.7 Å². The molecule has 0 saturated carbocycles. The highest BCUT2D eigenvalue weighted by molar-refractivity contribution is 6.83. The molecule has 2 rings (SSSR count). The van der Waals surface area contributed by atoms with Gasteiger partial charge in [0.2, 0.25) is 0 Å². The predicted molar refractivity (Wildman–Crippen MR) is 103 cm³/mol. The average Bonchev–Trinajstić information content (AvgIpc) is 2.53. The Morgan fingerprint density at radius 2 is 1.36 bits per heavy atom. The maximum Gasteiger partial charge on any atom is 0.142 e. The second-order valence-corrected chi connectivity index (χ2v) is 11.8. The zero-order chi connectivity index (χ0) is 18.4. The molecule has 2 aromatic carbocycles. The molecule has 3 heteroatoms. The van der Waals surface area contributed by atoms with E-state index in [9.17, 15) is 8.78 Å². The topological polar surface area (TPSA) is 0 Å². The fraction of sp³-hybridized carbons (Fsp3) is 0.273. The molecule has 0 N–H and O–H groups in total. The van der Waals surface area contributed by atoms with Gasteiger partial charge in [-0.3, -0.25) is 0 Å². The van der Waals surface area contributed by atoms with E-state index in [0.29, 0.717) is 17.5 Å². The summed E-state index contributed by atoms with van der Waals surface area (Å²) in [6.45, 7) is 8.54. The quantitative estimate of drug-likeness (QED) is 0.491. The number of benzene rings is 2. The molecule has 25 heavy (non-hydrogen) atoms. The van der Waals surface area contributed by atoms with E-state index in [4.69, 9.17) is 0 Å². The van der Waals surface area contributed by atoms with Crippen molar-refractivity contribution in [1.82, 2.24) is 0 Å². The van der Waals surface area contributed by atoms with Crippen LogP contribution in [0.25, 0.3) is 0 Å². The second-order valence-electron chi connectivity index (χ2n) is 7.01. The minimum Gasteiger partial charge on any atom is -0.206 e. The summed E-state index contributed by atoms with van der Waals surface area (Å²) in [7, 11) is -1.41. The molecule has 0 fully saturated rings. The molecular weight excluding hydrogens is 330 g/mol. The van der Waals surface area contributed by atoms with E-state index in [0.717, 1.165) is 12.0 Å². The van der Waals surface area contributed by atoms with Gasteiger partial charge in [0.25, 0.3) is 0 Å². The molecule has 0 spiro atoms. The van der Waals surface area contributed by atoms with Gasteiger partial charge in [0.15, 0.2) is 0 Å². The van der Waals surface area contributed by atoms with E-state index in [1.807, 2.05) is 31.2 Å². The number of halogens is 2. The van der Waals surface area contributed by atoms with E-state index in [1.165, 1.54) is 12.1 Å². The summed E-state index contributed by atoms with van der Waals surface area (Å²) in [5.74, 6) is 7.40. The van der Waals surface area contributed by atoms with E-state index >= 15 is 0 Å². The maximum atomic E-state index is 14.1. The Labute approximate surface area is 150 Å². The molecule has 0 heterocycles. The number of hydrogen-bond acceptors (Lipinski definition) is 0. The third-order valence-corrected chi connectivity index (χ3v) is 4.31. The number of hydrogen-bond donors (Lipinski definition) is 0. The molecular formula is C22H22F2Si. The third kappa shape index (κ3) is 5.89. The first kappa shape index (κ1) is 19.0. The van der Waals surface area contributed by atoms with Crippen molar-refractivity contribution in [3.05, 3.63) is 70.3 Å². The van der Waals surface area contributed by atoms with Gasteiger partial charge in [-0.05, 0) is 48.4 Å². The number of rotatable bonds is 2. The van der Waals surface area contributed by atoms with E-state index in [-0.39, 0.29) is 5.56 Å². The van der Waals surface area contributed by atoms with Crippen LogP contribution in [0.4, 0.5) is 8.78 Å². The van der Waals surface area contributed by atoms with Gasteiger partial charge >= 0.3 is 0 Å². The molecule has 2 aromatic rings. The van der Waals surface area contributed by atoms with Crippen molar-refractivity contribution in [1.29, 1.82) is 0 Å². The Hall–Kier alpha value is -2.36. The van der Waals surface area contributed by atoms with Crippen LogP contribution in [0.2, 0.25) is 19.6 Å². The molecule has 0 atom stereocenters. The van der Waals surface area contributed by atoms with Crippen molar-refractivity contribution < 1.29 is 8.78 Å². The van der Waals surface area contributed by atoms with E-state index in [2.05, 4.69) is 42.9 Å². The SMILES string of the molecule is CCCc1cc(F)c(C#Cc2ccc(C#C[Si](C)(C)C)cc2)c(F)c1. The Kier molecular flexibility index (Phi) is 6.18. The van der Waals surface area contributed by atoms with Crippen molar-refractivity contribution in [3.63, 3.8) is 0 Å². The Morgan fingerprint density at radius 3 is 1.84 bits per heavy atom. The molecule has 0 amide bonds. The lowest BCUT2D eigenvalue weighted by molar-refractivity contribution is 0.573. The minimum absolute atomic E-state index is 0.178. The summed E-state index contributed by atoms with van der Waals surface area (Å²) in [5.41, 5.74) is 5.41. The molecule has 0 aliphatic carbocycles. The Bertz CT molecular complexity index is 844. The van der Waals surface area contributed by atoms with Crippen molar-refractivity contribution in [2.45, 2.75) is 39.4 Å². The number of aryl methyl sites for hydroxylation is 1. The van der Waals surface area contributed by atoms with Crippen LogP contribution < -0.4 is 0 Å². The molecule has 0 aliphatic rings. The smallest absolute Gasteiger partial charge is 0.142 e. The molecule has 0 saturated heterocycles. The standard InChI is InChI=1S/C22H22F2Si/c1-5-6-19-15-21(23)20(22(24)16-19)12-11-17-7-9-18(10-8-17)13-14-25(2,3)4/h7-10,15-16H,5-6H2,1-4H3. The van der Waals surface area contributed by atoms with Gasteiger partial charge in [0.05, 0.1) is 5.56 Å². The predicted octanol–water partition coefficient (Wildman–Crippen LogP) is 5.55. The lowest BCUT2D eigenvalue weighted by Crippen LogP contribution is -2.16. The van der Waals surface area contributed by atoms with Crippen LogP contribution >= 0.6 is 0 Å². The second kappa shape index (κ2) is 8.14. The fourth-order valence-corrected chi connectivity index (χ4v) is 2.73. The van der Waals surface area contributed by atoms with Crippen LogP contribution in [0.15, 0.2) is 36.4 Å². The van der Waals surface area contributed by atoms with E-state index < -0.39 is 19.7 Å². The lowest BCUT2D eigenvalue weighted by Gasteiger charge is -2.03. The Balaban J connectivity index is 2.23. The molecule has 0 radical (unpaired) electrons. The zero-order valence-electron chi connectivity index (χ0n) is 15.1. The lowest BCUT2D eigenvalue weighted by atomic mass is 10.1. The summed E-state index contributed by atoms with van der Waals surface area (Å²) < 4.78 is 28.1. The van der Waals surface area contributed by atoms with Gasteiger partial charge < -0.3 is 0 Å². The van der Waals surface area contributed by atoms with E-state index in [1.54, 1.807) is 0 Å². The van der Waals surface area contributed by atoms with Crippen LogP contribution in [-0.2, 0) is 6.42 Å². The third-order valence-electron chi connectivity index (χ3n) is 3.44.